The van der Waals surface area contributed by atoms with Crippen LogP contribution in [0.15, 0.2) is 72.9 Å². The maximum atomic E-state index is 13.7. The van der Waals surface area contributed by atoms with Gasteiger partial charge in [0.2, 0.25) is 0 Å². The highest BCUT2D eigenvalue weighted by molar-refractivity contribution is 6.04. The van der Waals surface area contributed by atoms with E-state index in [-0.39, 0.29) is 23.8 Å². The summed E-state index contributed by atoms with van der Waals surface area (Å²) in [5.41, 5.74) is 7.15. The van der Waals surface area contributed by atoms with E-state index in [0.29, 0.717) is 29.4 Å². The summed E-state index contributed by atoms with van der Waals surface area (Å²) in [6.45, 7) is 0.463. The molecule has 37 heavy (non-hydrogen) atoms. The number of halogens is 1. The third-order valence-corrected chi connectivity index (χ3v) is 7.01. The van der Waals surface area contributed by atoms with Gasteiger partial charge in [-0.2, -0.15) is 5.10 Å². The third kappa shape index (κ3) is 4.65. The molecule has 9 heteroatoms. The molecule has 0 bridgehead atoms. The van der Waals surface area contributed by atoms with E-state index in [9.17, 15) is 9.18 Å². The zero-order valence-electron chi connectivity index (χ0n) is 20.5. The first-order chi connectivity index (χ1) is 18.0. The van der Waals surface area contributed by atoms with Crippen LogP contribution in [0.2, 0.25) is 0 Å². The number of hydrogen-bond donors (Lipinski definition) is 3. The molecule has 3 heterocycles. The minimum Gasteiger partial charge on any atom is -0.365 e. The number of carbonyl (C=O) groups excluding carboxylic acids is 1. The number of para-hydroxylation sites is 1. The smallest absolute Gasteiger partial charge is 0.275 e. The molecule has 3 N–H and O–H groups in total. The molecular formula is C28H28FN7O. The van der Waals surface area contributed by atoms with E-state index >= 15 is 0 Å². The van der Waals surface area contributed by atoms with Gasteiger partial charge in [-0.3, -0.25) is 14.8 Å². The second-order valence-electron chi connectivity index (χ2n) is 9.56. The maximum absolute atomic E-state index is 13.7. The molecule has 0 spiro atoms. The number of pyridine rings is 1. The Labute approximate surface area is 214 Å². The number of anilines is 3. The zero-order chi connectivity index (χ0) is 25.4. The van der Waals surface area contributed by atoms with E-state index in [0.717, 1.165) is 36.1 Å². The van der Waals surface area contributed by atoms with Crippen LogP contribution in [0.1, 0.15) is 35.2 Å². The van der Waals surface area contributed by atoms with Gasteiger partial charge in [-0.05, 0) is 43.0 Å². The standard InChI is InChI=1S/C28H28FN7O/c1-35-28(37)25-26(31-21-6-3-2-4-7-21)34-36(27(25)32-22-8-5-9-23(22)33-35)17-18-10-12-19(13-11-18)24-16-20(29)14-15-30-24/h2-4,6-7,10-16,22-23,32-33H,5,8-9,17H2,1H3,(H,31,34)/t22-,23+/m0/s1. The molecule has 2 aromatic carbocycles. The van der Waals surface area contributed by atoms with Crippen LogP contribution in [0.25, 0.3) is 11.3 Å². The first kappa shape index (κ1) is 23.2. The lowest BCUT2D eigenvalue weighted by atomic mass is 10.1. The molecule has 1 aliphatic carbocycles. The van der Waals surface area contributed by atoms with Gasteiger partial charge in [0.05, 0.1) is 12.2 Å². The van der Waals surface area contributed by atoms with Crippen molar-refractivity contribution in [1.29, 1.82) is 0 Å². The molecule has 188 valence electrons. The lowest BCUT2D eigenvalue weighted by Crippen LogP contribution is -2.52. The topological polar surface area (TPSA) is 87.1 Å². The number of aromatic nitrogens is 3. The Morgan fingerprint density at radius 2 is 1.84 bits per heavy atom. The van der Waals surface area contributed by atoms with Crippen molar-refractivity contribution in [3.8, 4) is 11.3 Å². The lowest BCUT2D eigenvalue weighted by molar-refractivity contribution is 0.0677. The predicted octanol–water partition coefficient (Wildman–Crippen LogP) is 4.80. The molecule has 0 unspecified atom stereocenters. The predicted molar refractivity (Wildman–Crippen MR) is 141 cm³/mol. The first-order valence-electron chi connectivity index (χ1n) is 12.5. The van der Waals surface area contributed by atoms with Gasteiger partial charge in [-0.15, -0.1) is 0 Å². The summed E-state index contributed by atoms with van der Waals surface area (Å²) in [6, 6.07) is 20.7. The number of hydrazine groups is 1. The normalized spacial score (nSPS) is 19.0. The van der Waals surface area contributed by atoms with E-state index in [1.165, 1.54) is 18.3 Å². The van der Waals surface area contributed by atoms with Crippen molar-refractivity contribution in [2.75, 3.05) is 17.7 Å². The molecule has 2 aromatic heterocycles. The molecule has 1 fully saturated rings. The van der Waals surface area contributed by atoms with E-state index in [2.05, 4.69) is 21.0 Å². The van der Waals surface area contributed by atoms with Gasteiger partial charge in [0.15, 0.2) is 5.82 Å². The monoisotopic (exact) mass is 497 g/mol. The summed E-state index contributed by atoms with van der Waals surface area (Å²) in [5.74, 6) is 0.752. The molecule has 2 atom stereocenters. The summed E-state index contributed by atoms with van der Waals surface area (Å²) in [4.78, 5) is 17.8. The van der Waals surface area contributed by atoms with Crippen LogP contribution in [0, 0.1) is 5.82 Å². The number of nitrogens with one attached hydrogen (secondary N) is 3. The fourth-order valence-corrected chi connectivity index (χ4v) is 5.13. The Morgan fingerprint density at radius 3 is 2.62 bits per heavy atom. The Balaban J connectivity index is 1.37. The highest BCUT2D eigenvalue weighted by Crippen LogP contribution is 2.34. The van der Waals surface area contributed by atoms with Crippen molar-refractivity contribution < 1.29 is 9.18 Å². The summed E-state index contributed by atoms with van der Waals surface area (Å²) in [7, 11) is 1.77. The SMILES string of the molecule is CN1N[C@@H]2CCC[C@@H]2Nc2c(c(Nc3ccccc3)nn2Cc2ccc(-c3cc(F)ccn3)cc2)C1=O. The minimum absolute atomic E-state index is 0.148. The molecule has 1 aliphatic heterocycles. The van der Waals surface area contributed by atoms with Crippen molar-refractivity contribution in [3.63, 3.8) is 0 Å². The van der Waals surface area contributed by atoms with Gasteiger partial charge < -0.3 is 10.6 Å². The van der Waals surface area contributed by atoms with Crippen LogP contribution in [-0.2, 0) is 6.54 Å². The molecule has 6 rings (SSSR count). The molecule has 4 aromatic rings. The van der Waals surface area contributed by atoms with E-state index < -0.39 is 0 Å². The van der Waals surface area contributed by atoms with E-state index in [1.807, 2.05) is 59.3 Å². The molecule has 2 aliphatic rings. The van der Waals surface area contributed by atoms with Gasteiger partial charge in [0.25, 0.3) is 5.91 Å². The minimum atomic E-state index is -0.317. The van der Waals surface area contributed by atoms with Crippen molar-refractivity contribution in [2.45, 2.75) is 37.9 Å². The van der Waals surface area contributed by atoms with Crippen LogP contribution in [0.4, 0.5) is 21.7 Å². The van der Waals surface area contributed by atoms with Crippen molar-refractivity contribution in [1.82, 2.24) is 25.2 Å². The first-order valence-corrected chi connectivity index (χ1v) is 12.5. The number of hydrogen-bond acceptors (Lipinski definition) is 6. The largest absolute Gasteiger partial charge is 0.365 e. The molecule has 0 saturated heterocycles. The van der Waals surface area contributed by atoms with Gasteiger partial charge >= 0.3 is 0 Å². The fraction of sp³-hybridized carbons (Fsp3) is 0.250. The Morgan fingerprint density at radius 1 is 1.05 bits per heavy atom. The molecule has 8 nitrogen and oxygen atoms in total. The Kier molecular flexibility index (Phi) is 6.05. The van der Waals surface area contributed by atoms with Gasteiger partial charge in [-0.1, -0.05) is 42.5 Å². The highest BCUT2D eigenvalue weighted by atomic mass is 19.1. The van der Waals surface area contributed by atoms with Crippen molar-refractivity contribution in [3.05, 3.63) is 89.9 Å². The molecule has 1 amide bonds. The third-order valence-electron chi connectivity index (χ3n) is 7.01. The average Bonchev–Trinajstić information content (AvgIpc) is 3.47. The molecular weight excluding hydrogens is 469 g/mol. The van der Waals surface area contributed by atoms with E-state index in [1.54, 1.807) is 12.1 Å². The van der Waals surface area contributed by atoms with Gasteiger partial charge in [0, 0.05) is 42.6 Å². The van der Waals surface area contributed by atoms with Gasteiger partial charge in [0.1, 0.15) is 17.2 Å². The van der Waals surface area contributed by atoms with Crippen LogP contribution < -0.4 is 16.1 Å². The summed E-state index contributed by atoms with van der Waals surface area (Å²) in [6.07, 6.45) is 4.57. The van der Waals surface area contributed by atoms with E-state index in [4.69, 9.17) is 5.10 Å². The Bertz CT molecular complexity index is 1420. The number of rotatable bonds is 5. The number of carbonyl (C=O) groups is 1. The summed E-state index contributed by atoms with van der Waals surface area (Å²) < 4.78 is 15.5. The fourth-order valence-electron chi connectivity index (χ4n) is 5.13. The van der Waals surface area contributed by atoms with Gasteiger partial charge in [-0.25, -0.2) is 14.5 Å². The number of fused-ring (bicyclic) bond motifs is 2. The zero-order valence-corrected chi connectivity index (χ0v) is 20.5. The second-order valence-corrected chi connectivity index (χ2v) is 9.56. The molecule has 1 saturated carbocycles. The summed E-state index contributed by atoms with van der Waals surface area (Å²) in [5, 5.41) is 13.4. The van der Waals surface area contributed by atoms with Crippen molar-refractivity contribution in [2.24, 2.45) is 0 Å². The Hall–Kier alpha value is -4.24. The van der Waals surface area contributed by atoms with Crippen LogP contribution in [-0.4, -0.2) is 44.8 Å². The highest BCUT2D eigenvalue weighted by Gasteiger charge is 2.36. The van der Waals surface area contributed by atoms with Crippen molar-refractivity contribution >= 4 is 23.2 Å². The van der Waals surface area contributed by atoms with Crippen LogP contribution >= 0.6 is 0 Å². The van der Waals surface area contributed by atoms with Crippen LogP contribution in [0.3, 0.4) is 0 Å². The quantitative estimate of drug-likeness (QED) is 0.367. The average molecular weight is 498 g/mol. The van der Waals surface area contributed by atoms with Crippen LogP contribution in [0.5, 0.6) is 0 Å². The number of nitrogens with zero attached hydrogens (tertiary/aromatic N) is 4. The molecule has 0 radical (unpaired) electrons. The lowest BCUT2D eigenvalue weighted by Gasteiger charge is -2.31. The number of benzene rings is 2. The maximum Gasteiger partial charge on any atom is 0.275 e. The second kappa shape index (κ2) is 9.67. The summed E-state index contributed by atoms with van der Waals surface area (Å²) >= 11 is 0. The number of amides is 1.